The van der Waals surface area contributed by atoms with Crippen LogP contribution >= 0.6 is 27.7 Å². The average Bonchev–Trinajstić information content (AvgIpc) is 2.47. The molecule has 0 aliphatic rings. The number of nitrogens with two attached hydrogens (primary N) is 2. The van der Waals surface area contributed by atoms with Gasteiger partial charge in [0.05, 0.1) is 5.03 Å². The molecule has 6 heteroatoms. The summed E-state index contributed by atoms with van der Waals surface area (Å²) >= 11 is 4.73. The summed E-state index contributed by atoms with van der Waals surface area (Å²) in [5.41, 5.74) is 11.2. The van der Waals surface area contributed by atoms with Gasteiger partial charge in [-0.2, -0.15) is 0 Å². The van der Waals surface area contributed by atoms with Gasteiger partial charge in [-0.15, -0.1) is 11.8 Å². The highest BCUT2D eigenvalue weighted by Gasteiger charge is 2.34. The Kier molecular flexibility index (Phi) is 4.80. The third kappa shape index (κ3) is 3.39. The van der Waals surface area contributed by atoms with Gasteiger partial charge in [0, 0.05) is 16.4 Å². The number of primary amides is 1. The highest BCUT2D eigenvalue weighted by atomic mass is 79.9. The summed E-state index contributed by atoms with van der Waals surface area (Å²) in [7, 11) is 0. The standard InChI is InChI=1S/C14H14BrN3OS/c15-11-6-7-12(18-8-11)20-9-14(17,13(16)19)10-4-2-1-3-5-10/h1-8H,9,17H2,(H2,16,19). The van der Waals surface area contributed by atoms with Crippen LogP contribution in [0.25, 0.3) is 0 Å². The van der Waals surface area contributed by atoms with E-state index in [1.807, 2.05) is 30.3 Å². The smallest absolute Gasteiger partial charge is 0.243 e. The van der Waals surface area contributed by atoms with Gasteiger partial charge in [-0.1, -0.05) is 30.3 Å². The molecular weight excluding hydrogens is 338 g/mol. The lowest BCUT2D eigenvalue weighted by Gasteiger charge is -2.25. The summed E-state index contributed by atoms with van der Waals surface area (Å²) in [4.78, 5) is 16.0. The molecular formula is C14H14BrN3OS. The highest BCUT2D eigenvalue weighted by molar-refractivity contribution is 9.10. The fourth-order valence-electron chi connectivity index (χ4n) is 1.67. The molecule has 4 N–H and O–H groups in total. The first-order chi connectivity index (χ1) is 9.52. The van der Waals surface area contributed by atoms with Gasteiger partial charge in [0.15, 0.2) is 0 Å². The first-order valence-corrected chi connectivity index (χ1v) is 7.69. The molecule has 1 amide bonds. The summed E-state index contributed by atoms with van der Waals surface area (Å²) in [6, 6.07) is 12.9. The summed E-state index contributed by atoms with van der Waals surface area (Å²) in [6.45, 7) is 0. The molecule has 2 rings (SSSR count). The van der Waals surface area contributed by atoms with Gasteiger partial charge < -0.3 is 11.5 Å². The van der Waals surface area contributed by atoms with Gasteiger partial charge in [-0.05, 0) is 33.6 Å². The maximum Gasteiger partial charge on any atom is 0.243 e. The Labute approximate surface area is 130 Å². The molecule has 0 bridgehead atoms. The van der Waals surface area contributed by atoms with Crippen molar-refractivity contribution in [2.45, 2.75) is 10.6 Å². The lowest BCUT2D eigenvalue weighted by Crippen LogP contribution is -2.51. The van der Waals surface area contributed by atoms with E-state index < -0.39 is 11.4 Å². The molecule has 0 saturated carbocycles. The summed E-state index contributed by atoms with van der Waals surface area (Å²) in [5, 5.41) is 0.792. The Balaban J connectivity index is 2.18. The van der Waals surface area contributed by atoms with Crippen molar-refractivity contribution in [2.24, 2.45) is 11.5 Å². The fourth-order valence-corrected chi connectivity index (χ4v) is 2.88. The summed E-state index contributed by atoms with van der Waals surface area (Å²) in [5.74, 6) is -0.214. The number of hydrogen-bond acceptors (Lipinski definition) is 4. The average molecular weight is 352 g/mol. The number of nitrogens with zero attached hydrogens (tertiary/aromatic N) is 1. The number of pyridine rings is 1. The molecule has 0 radical (unpaired) electrons. The molecule has 1 aromatic carbocycles. The molecule has 1 unspecified atom stereocenters. The number of hydrogen-bond donors (Lipinski definition) is 2. The van der Waals surface area contributed by atoms with Crippen LogP contribution in [0, 0.1) is 0 Å². The minimum Gasteiger partial charge on any atom is -0.368 e. The second-order valence-corrected chi connectivity index (χ2v) is 6.22. The maximum absolute atomic E-state index is 11.8. The quantitative estimate of drug-likeness (QED) is 0.809. The van der Waals surface area contributed by atoms with Crippen LogP contribution in [0.1, 0.15) is 5.56 Å². The van der Waals surface area contributed by atoms with Gasteiger partial charge in [-0.3, -0.25) is 4.79 Å². The molecule has 20 heavy (non-hydrogen) atoms. The number of amides is 1. The Hall–Kier alpha value is -1.37. The van der Waals surface area contributed by atoms with E-state index >= 15 is 0 Å². The lowest BCUT2D eigenvalue weighted by molar-refractivity contribution is -0.122. The van der Waals surface area contributed by atoms with E-state index in [0.717, 1.165) is 9.50 Å². The van der Waals surface area contributed by atoms with Crippen molar-refractivity contribution in [2.75, 3.05) is 5.75 Å². The number of benzene rings is 1. The van der Waals surface area contributed by atoms with Crippen LogP contribution in [-0.4, -0.2) is 16.6 Å². The zero-order valence-electron chi connectivity index (χ0n) is 10.6. The molecule has 0 aliphatic carbocycles. The first-order valence-electron chi connectivity index (χ1n) is 5.91. The number of carbonyl (C=O) groups is 1. The van der Waals surface area contributed by atoms with E-state index in [1.54, 1.807) is 18.3 Å². The van der Waals surface area contributed by atoms with Gasteiger partial charge in [0.2, 0.25) is 5.91 Å². The number of thioether (sulfide) groups is 1. The predicted molar refractivity (Wildman–Crippen MR) is 84.2 cm³/mol. The molecule has 1 heterocycles. The minimum absolute atomic E-state index is 0.334. The molecule has 104 valence electrons. The van der Waals surface area contributed by atoms with Crippen molar-refractivity contribution in [3.63, 3.8) is 0 Å². The van der Waals surface area contributed by atoms with Crippen LogP contribution in [0.15, 0.2) is 58.2 Å². The Morgan fingerprint density at radius 1 is 1.25 bits per heavy atom. The third-order valence-corrected chi connectivity index (χ3v) is 4.48. The van der Waals surface area contributed by atoms with E-state index in [2.05, 4.69) is 20.9 Å². The molecule has 2 aromatic rings. The maximum atomic E-state index is 11.8. The Morgan fingerprint density at radius 2 is 1.95 bits per heavy atom. The largest absolute Gasteiger partial charge is 0.368 e. The lowest BCUT2D eigenvalue weighted by atomic mass is 9.92. The van der Waals surface area contributed by atoms with Crippen LogP contribution in [0.3, 0.4) is 0 Å². The monoisotopic (exact) mass is 351 g/mol. The molecule has 1 atom stereocenters. The van der Waals surface area contributed by atoms with E-state index in [-0.39, 0.29) is 0 Å². The number of rotatable bonds is 5. The third-order valence-electron chi connectivity index (χ3n) is 2.88. The molecule has 0 spiro atoms. The second kappa shape index (κ2) is 6.39. The Morgan fingerprint density at radius 3 is 2.50 bits per heavy atom. The zero-order chi connectivity index (χ0) is 14.6. The van der Waals surface area contributed by atoms with E-state index in [9.17, 15) is 4.79 Å². The van der Waals surface area contributed by atoms with Crippen molar-refractivity contribution in [1.29, 1.82) is 0 Å². The number of halogens is 1. The van der Waals surface area contributed by atoms with E-state index in [0.29, 0.717) is 11.3 Å². The van der Waals surface area contributed by atoms with E-state index in [1.165, 1.54) is 11.8 Å². The fraction of sp³-hybridized carbons (Fsp3) is 0.143. The first kappa shape index (κ1) is 15.0. The summed E-state index contributed by atoms with van der Waals surface area (Å²) in [6.07, 6.45) is 1.70. The number of carbonyl (C=O) groups excluding carboxylic acids is 1. The molecule has 0 saturated heterocycles. The predicted octanol–water partition coefficient (Wildman–Crippen LogP) is 2.28. The topological polar surface area (TPSA) is 82.0 Å². The van der Waals surface area contributed by atoms with Crippen LogP contribution < -0.4 is 11.5 Å². The summed E-state index contributed by atoms with van der Waals surface area (Å²) < 4.78 is 0.902. The van der Waals surface area contributed by atoms with Crippen LogP contribution in [0.5, 0.6) is 0 Å². The van der Waals surface area contributed by atoms with Gasteiger partial charge in [-0.25, -0.2) is 4.98 Å². The van der Waals surface area contributed by atoms with Crippen LogP contribution in [0.4, 0.5) is 0 Å². The van der Waals surface area contributed by atoms with Gasteiger partial charge >= 0.3 is 0 Å². The molecule has 1 aromatic heterocycles. The molecule has 4 nitrogen and oxygen atoms in total. The zero-order valence-corrected chi connectivity index (χ0v) is 13.0. The molecule has 0 fully saturated rings. The minimum atomic E-state index is -1.21. The second-order valence-electron chi connectivity index (χ2n) is 4.30. The van der Waals surface area contributed by atoms with Gasteiger partial charge in [0.25, 0.3) is 0 Å². The normalized spacial score (nSPS) is 13.7. The Bertz CT molecular complexity index is 591. The van der Waals surface area contributed by atoms with Crippen molar-refractivity contribution in [3.05, 3.63) is 58.7 Å². The van der Waals surface area contributed by atoms with Crippen molar-refractivity contribution >= 4 is 33.6 Å². The van der Waals surface area contributed by atoms with Crippen molar-refractivity contribution in [3.8, 4) is 0 Å². The van der Waals surface area contributed by atoms with Crippen LogP contribution in [0.2, 0.25) is 0 Å². The van der Waals surface area contributed by atoms with Crippen molar-refractivity contribution in [1.82, 2.24) is 4.98 Å². The molecule has 0 aliphatic heterocycles. The highest BCUT2D eigenvalue weighted by Crippen LogP contribution is 2.27. The van der Waals surface area contributed by atoms with Gasteiger partial charge in [0.1, 0.15) is 5.54 Å². The van der Waals surface area contributed by atoms with E-state index in [4.69, 9.17) is 11.5 Å². The SMILES string of the molecule is NC(=O)C(N)(CSc1ccc(Br)cn1)c1ccccc1. The van der Waals surface area contributed by atoms with Crippen molar-refractivity contribution < 1.29 is 4.79 Å². The van der Waals surface area contributed by atoms with Crippen LogP contribution in [-0.2, 0) is 10.3 Å². The number of aromatic nitrogens is 1.